The van der Waals surface area contributed by atoms with Crippen molar-refractivity contribution in [1.29, 1.82) is 5.26 Å². The van der Waals surface area contributed by atoms with E-state index in [-0.39, 0.29) is 11.8 Å². The third kappa shape index (κ3) is 2.14. The highest BCUT2D eigenvalue weighted by molar-refractivity contribution is 5.95. The molecule has 3 unspecified atom stereocenters. The zero-order valence-electron chi connectivity index (χ0n) is 11.6. The predicted octanol–water partition coefficient (Wildman–Crippen LogP) is 2.94. The normalized spacial score (nSPS) is 27.1. The summed E-state index contributed by atoms with van der Waals surface area (Å²) in [6.07, 6.45) is 4.62. The van der Waals surface area contributed by atoms with Crippen molar-refractivity contribution in [2.24, 2.45) is 17.8 Å². The Balaban J connectivity index is 1.81. The van der Waals surface area contributed by atoms with E-state index in [2.05, 4.69) is 11.4 Å². The van der Waals surface area contributed by atoms with Gasteiger partial charge in [0.2, 0.25) is 5.91 Å². The van der Waals surface area contributed by atoms with Crippen LogP contribution in [-0.2, 0) is 4.79 Å². The SMILES string of the molecule is COc1cccc(C#N)c1NC(=O)C1CC2CCC1C2. The number of fused-ring (bicyclic) bond motifs is 2. The molecule has 4 nitrogen and oxygen atoms in total. The molecular weight excluding hydrogens is 252 g/mol. The van der Waals surface area contributed by atoms with Gasteiger partial charge >= 0.3 is 0 Å². The van der Waals surface area contributed by atoms with Crippen LogP contribution >= 0.6 is 0 Å². The number of anilines is 1. The second-order valence-corrected chi connectivity index (χ2v) is 5.77. The molecule has 0 heterocycles. The van der Waals surface area contributed by atoms with Gasteiger partial charge in [-0.05, 0) is 43.2 Å². The standard InChI is InChI=1S/C16H18N2O2/c1-20-14-4-2-3-12(9-17)15(14)18-16(19)13-8-10-5-6-11(13)7-10/h2-4,10-11,13H,5-8H2,1H3,(H,18,19). The molecule has 2 aliphatic rings. The quantitative estimate of drug-likeness (QED) is 0.918. The maximum atomic E-state index is 12.5. The number of nitrogens with one attached hydrogen (secondary N) is 1. The molecule has 2 saturated carbocycles. The molecule has 0 spiro atoms. The third-order valence-electron chi connectivity index (χ3n) is 4.69. The monoisotopic (exact) mass is 270 g/mol. The summed E-state index contributed by atoms with van der Waals surface area (Å²) >= 11 is 0. The summed E-state index contributed by atoms with van der Waals surface area (Å²) < 4.78 is 5.25. The van der Waals surface area contributed by atoms with E-state index in [1.54, 1.807) is 25.3 Å². The zero-order valence-corrected chi connectivity index (χ0v) is 11.6. The van der Waals surface area contributed by atoms with Crippen LogP contribution in [0.15, 0.2) is 18.2 Å². The van der Waals surface area contributed by atoms with Crippen LogP contribution < -0.4 is 10.1 Å². The van der Waals surface area contributed by atoms with Gasteiger partial charge in [-0.15, -0.1) is 0 Å². The number of nitriles is 1. The highest BCUT2D eigenvalue weighted by atomic mass is 16.5. The lowest BCUT2D eigenvalue weighted by atomic mass is 9.88. The summed E-state index contributed by atoms with van der Waals surface area (Å²) in [4.78, 5) is 12.5. The number of ether oxygens (including phenoxy) is 1. The Hall–Kier alpha value is -2.02. The maximum absolute atomic E-state index is 12.5. The summed E-state index contributed by atoms with van der Waals surface area (Å²) in [6, 6.07) is 7.31. The summed E-state index contributed by atoms with van der Waals surface area (Å²) in [6.45, 7) is 0. The molecule has 1 aromatic carbocycles. The fourth-order valence-corrected chi connectivity index (χ4v) is 3.71. The van der Waals surface area contributed by atoms with Gasteiger partial charge in [0.05, 0.1) is 12.7 Å². The second-order valence-electron chi connectivity index (χ2n) is 5.77. The van der Waals surface area contributed by atoms with Gasteiger partial charge in [-0.1, -0.05) is 12.5 Å². The van der Waals surface area contributed by atoms with Gasteiger partial charge in [-0.3, -0.25) is 4.79 Å². The van der Waals surface area contributed by atoms with Crippen molar-refractivity contribution in [1.82, 2.24) is 0 Å². The first-order valence-electron chi connectivity index (χ1n) is 7.11. The van der Waals surface area contributed by atoms with Gasteiger partial charge in [-0.2, -0.15) is 5.26 Å². The molecule has 1 amide bonds. The maximum Gasteiger partial charge on any atom is 0.227 e. The Bertz CT molecular complexity index is 576. The summed E-state index contributed by atoms with van der Waals surface area (Å²) in [7, 11) is 1.55. The Morgan fingerprint density at radius 1 is 1.40 bits per heavy atom. The first-order valence-corrected chi connectivity index (χ1v) is 7.11. The Morgan fingerprint density at radius 2 is 2.25 bits per heavy atom. The van der Waals surface area contributed by atoms with E-state index in [0.29, 0.717) is 22.9 Å². The number of carbonyl (C=O) groups is 1. The molecule has 2 bridgehead atoms. The minimum Gasteiger partial charge on any atom is -0.495 e. The van der Waals surface area contributed by atoms with E-state index < -0.39 is 0 Å². The van der Waals surface area contributed by atoms with Crippen LogP contribution in [0, 0.1) is 29.1 Å². The van der Waals surface area contributed by atoms with Crippen LogP contribution in [-0.4, -0.2) is 13.0 Å². The van der Waals surface area contributed by atoms with Crippen LogP contribution in [0.1, 0.15) is 31.2 Å². The number of methoxy groups -OCH3 is 1. The van der Waals surface area contributed by atoms with Crippen molar-refractivity contribution in [3.05, 3.63) is 23.8 Å². The van der Waals surface area contributed by atoms with Crippen LogP contribution in [0.25, 0.3) is 0 Å². The highest BCUT2D eigenvalue weighted by Gasteiger charge is 2.43. The number of hydrogen-bond acceptors (Lipinski definition) is 3. The van der Waals surface area contributed by atoms with E-state index in [1.165, 1.54) is 19.3 Å². The first-order chi connectivity index (χ1) is 9.72. The number of nitrogens with zero attached hydrogens (tertiary/aromatic N) is 1. The van der Waals surface area contributed by atoms with Crippen molar-refractivity contribution >= 4 is 11.6 Å². The van der Waals surface area contributed by atoms with Gasteiger partial charge in [0, 0.05) is 5.92 Å². The molecule has 0 aliphatic heterocycles. The molecular formula is C16H18N2O2. The van der Waals surface area contributed by atoms with Gasteiger partial charge < -0.3 is 10.1 Å². The summed E-state index contributed by atoms with van der Waals surface area (Å²) in [5.74, 6) is 1.94. The number of carbonyl (C=O) groups excluding carboxylic acids is 1. The molecule has 1 aromatic rings. The summed E-state index contributed by atoms with van der Waals surface area (Å²) in [5, 5.41) is 12.1. The molecule has 4 heteroatoms. The lowest BCUT2D eigenvalue weighted by Gasteiger charge is -2.21. The van der Waals surface area contributed by atoms with Crippen molar-refractivity contribution < 1.29 is 9.53 Å². The van der Waals surface area contributed by atoms with Crippen LogP contribution in [0.5, 0.6) is 5.75 Å². The molecule has 0 radical (unpaired) electrons. The lowest BCUT2D eigenvalue weighted by molar-refractivity contribution is -0.121. The average Bonchev–Trinajstić information content (AvgIpc) is 3.10. The van der Waals surface area contributed by atoms with Gasteiger partial charge in [0.1, 0.15) is 17.5 Å². The third-order valence-corrected chi connectivity index (χ3v) is 4.69. The highest BCUT2D eigenvalue weighted by Crippen LogP contribution is 2.48. The van der Waals surface area contributed by atoms with Crippen molar-refractivity contribution in [3.8, 4) is 11.8 Å². The van der Waals surface area contributed by atoms with E-state index in [4.69, 9.17) is 10.00 Å². The Morgan fingerprint density at radius 3 is 2.85 bits per heavy atom. The summed E-state index contributed by atoms with van der Waals surface area (Å²) in [5.41, 5.74) is 0.950. The van der Waals surface area contributed by atoms with Gasteiger partial charge in [-0.25, -0.2) is 0 Å². The smallest absolute Gasteiger partial charge is 0.227 e. The van der Waals surface area contributed by atoms with Crippen LogP contribution in [0.3, 0.4) is 0 Å². The molecule has 2 fully saturated rings. The molecule has 1 N–H and O–H groups in total. The minimum absolute atomic E-state index is 0.0400. The number of hydrogen-bond donors (Lipinski definition) is 1. The van der Waals surface area contributed by atoms with Crippen molar-refractivity contribution in [2.75, 3.05) is 12.4 Å². The average molecular weight is 270 g/mol. The molecule has 0 aromatic heterocycles. The molecule has 0 saturated heterocycles. The van der Waals surface area contributed by atoms with Gasteiger partial charge in [0.25, 0.3) is 0 Å². The fourth-order valence-electron chi connectivity index (χ4n) is 3.71. The molecule has 104 valence electrons. The van der Waals surface area contributed by atoms with Crippen LogP contribution in [0.4, 0.5) is 5.69 Å². The molecule has 20 heavy (non-hydrogen) atoms. The molecule has 3 atom stereocenters. The number of para-hydroxylation sites is 1. The predicted molar refractivity (Wildman–Crippen MR) is 75.3 cm³/mol. The second kappa shape index (κ2) is 5.16. The van der Waals surface area contributed by atoms with Crippen molar-refractivity contribution in [2.45, 2.75) is 25.7 Å². The Labute approximate surface area is 118 Å². The Kier molecular flexibility index (Phi) is 3.35. The number of rotatable bonds is 3. The topological polar surface area (TPSA) is 62.1 Å². The fraction of sp³-hybridized carbons (Fsp3) is 0.500. The van der Waals surface area contributed by atoms with E-state index in [9.17, 15) is 4.79 Å². The number of amides is 1. The zero-order chi connectivity index (χ0) is 14.1. The largest absolute Gasteiger partial charge is 0.495 e. The lowest BCUT2D eigenvalue weighted by Crippen LogP contribution is -2.27. The van der Waals surface area contributed by atoms with Crippen molar-refractivity contribution in [3.63, 3.8) is 0 Å². The van der Waals surface area contributed by atoms with Gasteiger partial charge in [0.15, 0.2) is 0 Å². The van der Waals surface area contributed by atoms with E-state index >= 15 is 0 Å². The molecule has 2 aliphatic carbocycles. The van der Waals surface area contributed by atoms with Crippen LogP contribution in [0.2, 0.25) is 0 Å². The number of benzene rings is 1. The minimum atomic E-state index is 0.0400. The van der Waals surface area contributed by atoms with E-state index in [1.807, 2.05) is 0 Å². The first kappa shape index (κ1) is 13.0. The van der Waals surface area contributed by atoms with E-state index in [0.717, 1.165) is 12.3 Å². The molecule has 3 rings (SSSR count).